The first-order valence-electron chi connectivity index (χ1n) is 11.2. The molecule has 2 heterocycles. The fraction of sp³-hybridized carbons (Fsp3) is 0.360. The normalized spacial score (nSPS) is 21.8. The Kier molecular flexibility index (Phi) is 6.90. The number of ether oxygens (including phenoxy) is 1. The van der Waals surface area contributed by atoms with E-state index in [4.69, 9.17) is 10.5 Å². The van der Waals surface area contributed by atoms with Gasteiger partial charge in [-0.05, 0) is 56.0 Å². The van der Waals surface area contributed by atoms with Crippen LogP contribution < -0.4 is 10.5 Å². The van der Waals surface area contributed by atoms with E-state index in [1.54, 1.807) is 11.0 Å². The number of benzene rings is 1. The number of piperidine rings is 1. The van der Waals surface area contributed by atoms with E-state index in [-0.39, 0.29) is 24.4 Å². The van der Waals surface area contributed by atoms with Crippen LogP contribution in [0.3, 0.4) is 0 Å². The van der Waals surface area contributed by atoms with Crippen molar-refractivity contribution >= 4 is 17.8 Å². The first-order chi connectivity index (χ1) is 16.7. The van der Waals surface area contributed by atoms with E-state index in [1.807, 2.05) is 25.1 Å². The monoisotopic (exact) mass is 485 g/mol. The van der Waals surface area contributed by atoms with E-state index in [0.717, 1.165) is 30.5 Å². The third kappa shape index (κ3) is 5.70. The second-order valence-corrected chi connectivity index (χ2v) is 8.83. The van der Waals surface area contributed by atoms with Crippen LogP contribution in [-0.4, -0.2) is 46.4 Å². The Morgan fingerprint density at radius 2 is 2.03 bits per heavy atom. The number of hydrogen-bond donors (Lipinski definition) is 1. The first-order valence-corrected chi connectivity index (χ1v) is 11.2. The summed E-state index contributed by atoms with van der Waals surface area (Å²) in [6, 6.07) is 7.25. The molecule has 2 aromatic rings. The zero-order valence-electron chi connectivity index (χ0n) is 19.2. The highest BCUT2D eigenvalue weighted by Gasteiger charge is 2.47. The first kappa shape index (κ1) is 24.4. The highest BCUT2D eigenvalue weighted by molar-refractivity contribution is 6.00. The molecule has 2 N–H and O–H groups in total. The lowest BCUT2D eigenvalue weighted by Crippen LogP contribution is -2.48. The Morgan fingerprint density at radius 3 is 2.71 bits per heavy atom. The number of amides is 1. The molecule has 0 radical (unpaired) electrons. The fourth-order valence-corrected chi connectivity index (χ4v) is 4.33. The van der Waals surface area contributed by atoms with Gasteiger partial charge in [0.15, 0.2) is 5.69 Å². The van der Waals surface area contributed by atoms with E-state index >= 15 is 0 Å². The SMILES string of the molecule is C=C(N=C/C=C\N)c1ccc(C)cc1C(=O)N1CC2C[C@@H]2C[C@H]1COc1ccc(C(F)(F)F)nn1. The average molecular weight is 486 g/mol. The number of nitrogens with two attached hydrogens (primary N) is 1. The number of likely N-dealkylation sites (tertiary alicyclic amines) is 1. The van der Waals surface area contributed by atoms with Crippen molar-refractivity contribution in [3.05, 3.63) is 71.6 Å². The number of fused-ring (bicyclic) bond motifs is 1. The Hall–Kier alpha value is -3.69. The molecule has 1 aromatic carbocycles. The van der Waals surface area contributed by atoms with Gasteiger partial charge in [0.05, 0.1) is 11.7 Å². The smallest absolute Gasteiger partial charge is 0.435 e. The van der Waals surface area contributed by atoms with Gasteiger partial charge in [0.1, 0.15) is 6.61 Å². The molecule has 184 valence electrons. The van der Waals surface area contributed by atoms with Crippen molar-refractivity contribution in [3.8, 4) is 5.88 Å². The predicted molar refractivity (Wildman–Crippen MR) is 126 cm³/mol. The molecule has 1 saturated heterocycles. The molecule has 1 unspecified atom stereocenters. The molecule has 1 aliphatic heterocycles. The molecule has 3 atom stereocenters. The number of aromatic nitrogens is 2. The lowest BCUT2D eigenvalue weighted by Gasteiger charge is -2.35. The van der Waals surface area contributed by atoms with Gasteiger partial charge in [0.25, 0.3) is 5.91 Å². The van der Waals surface area contributed by atoms with Gasteiger partial charge in [-0.1, -0.05) is 24.3 Å². The number of hydrogen-bond acceptors (Lipinski definition) is 6. The average Bonchev–Trinajstić information content (AvgIpc) is 3.60. The molecule has 1 aromatic heterocycles. The number of alkyl halides is 3. The lowest BCUT2D eigenvalue weighted by atomic mass is 9.97. The quantitative estimate of drug-likeness (QED) is 0.592. The molecule has 0 bridgehead atoms. The highest BCUT2D eigenvalue weighted by Crippen LogP contribution is 2.47. The number of nitrogens with zero attached hydrogens (tertiary/aromatic N) is 4. The van der Waals surface area contributed by atoms with Crippen molar-refractivity contribution in [1.82, 2.24) is 15.1 Å². The summed E-state index contributed by atoms with van der Waals surface area (Å²) in [5.74, 6) is 0.790. The largest absolute Gasteiger partial charge is 0.474 e. The number of carbonyl (C=O) groups is 1. The maximum absolute atomic E-state index is 13.7. The van der Waals surface area contributed by atoms with E-state index in [2.05, 4.69) is 21.8 Å². The Morgan fingerprint density at radius 1 is 1.23 bits per heavy atom. The van der Waals surface area contributed by atoms with Crippen LogP contribution in [0.25, 0.3) is 5.70 Å². The number of halogens is 3. The number of aryl methyl sites for hydroxylation is 1. The minimum Gasteiger partial charge on any atom is -0.474 e. The van der Waals surface area contributed by atoms with Gasteiger partial charge < -0.3 is 15.4 Å². The van der Waals surface area contributed by atoms with Crippen molar-refractivity contribution in [3.63, 3.8) is 0 Å². The van der Waals surface area contributed by atoms with Crippen LogP contribution in [0.1, 0.15) is 40.0 Å². The lowest BCUT2D eigenvalue weighted by molar-refractivity contribution is -0.141. The summed E-state index contributed by atoms with van der Waals surface area (Å²) >= 11 is 0. The van der Waals surface area contributed by atoms with Crippen LogP contribution in [0.4, 0.5) is 13.2 Å². The van der Waals surface area contributed by atoms with Crippen molar-refractivity contribution in [1.29, 1.82) is 0 Å². The zero-order chi connectivity index (χ0) is 25.2. The Balaban J connectivity index is 1.53. The van der Waals surface area contributed by atoms with E-state index in [9.17, 15) is 18.0 Å². The molecule has 4 rings (SSSR count). The van der Waals surface area contributed by atoms with Crippen LogP contribution in [-0.2, 0) is 6.18 Å². The van der Waals surface area contributed by atoms with E-state index in [1.165, 1.54) is 12.4 Å². The van der Waals surface area contributed by atoms with Crippen molar-refractivity contribution < 1.29 is 22.7 Å². The fourth-order valence-electron chi connectivity index (χ4n) is 4.33. The van der Waals surface area contributed by atoms with E-state index in [0.29, 0.717) is 35.2 Å². The van der Waals surface area contributed by atoms with Crippen molar-refractivity contribution in [2.75, 3.05) is 13.2 Å². The van der Waals surface area contributed by atoms with Crippen molar-refractivity contribution in [2.24, 2.45) is 22.6 Å². The molecule has 1 amide bonds. The summed E-state index contributed by atoms with van der Waals surface area (Å²) in [6.45, 7) is 6.60. The van der Waals surface area contributed by atoms with Crippen LogP contribution in [0.5, 0.6) is 5.88 Å². The maximum Gasteiger partial charge on any atom is 0.435 e. The number of carbonyl (C=O) groups excluding carboxylic acids is 1. The summed E-state index contributed by atoms with van der Waals surface area (Å²) in [5.41, 5.74) is 6.72. The topological polar surface area (TPSA) is 93.7 Å². The third-order valence-electron chi connectivity index (χ3n) is 6.27. The van der Waals surface area contributed by atoms with Gasteiger partial charge in [-0.25, -0.2) is 0 Å². The molecule has 2 aliphatic rings. The van der Waals surface area contributed by atoms with Crippen LogP contribution in [0.15, 0.2) is 54.2 Å². The summed E-state index contributed by atoms with van der Waals surface area (Å²) in [7, 11) is 0. The maximum atomic E-state index is 13.7. The van der Waals surface area contributed by atoms with Crippen LogP contribution in [0, 0.1) is 18.8 Å². The molecule has 7 nitrogen and oxygen atoms in total. The van der Waals surface area contributed by atoms with Crippen molar-refractivity contribution in [2.45, 2.75) is 32.0 Å². The van der Waals surface area contributed by atoms with Gasteiger partial charge >= 0.3 is 6.18 Å². The van der Waals surface area contributed by atoms with Crippen LogP contribution >= 0.6 is 0 Å². The molecule has 1 saturated carbocycles. The highest BCUT2D eigenvalue weighted by atomic mass is 19.4. The molecule has 0 spiro atoms. The standard InChI is InChI=1S/C25H26F3N5O2/c1-15-4-5-20(16(2)30-9-3-8-29)21(10-15)24(34)33-13-18-11-17(18)12-19(33)14-35-23-7-6-22(31-32-23)25(26,27)28/h3-10,17-19H,2,11-14,29H2,1H3/b8-3-,30-9?/t17-,18?,19+/m1/s1. The number of allylic oxidation sites excluding steroid dienone is 1. The van der Waals surface area contributed by atoms with E-state index < -0.39 is 11.9 Å². The van der Waals surface area contributed by atoms with Gasteiger partial charge in [-0.3, -0.25) is 9.79 Å². The number of aliphatic imine (C=N–C) groups is 1. The Bertz CT molecular complexity index is 1160. The minimum atomic E-state index is -4.57. The van der Waals surface area contributed by atoms with Gasteiger partial charge in [0, 0.05) is 30.0 Å². The van der Waals surface area contributed by atoms with Crippen LogP contribution in [0.2, 0.25) is 0 Å². The third-order valence-corrected chi connectivity index (χ3v) is 6.27. The summed E-state index contributed by atoms with van der Waals surface area (Å²) < 4.78 is 43.9. The summed E-state index contributed by atoms with van der Waals surface area (Å²) in [5, 5.41) is 6.73. The number of rotatable bonds is 7. The minimum absolute atomic E-state index is 0.0183. The van der Waals surface area contributed by atoms with Gasteiger partial charge in [-0.2, -0.15) is 13.2 Å². The zero-order valence-corrected chi connectivity index (χ0v) is 19.2. The Labute approximate surface area is 201 Å². The molecule has 10 heteroatoms. The summed E-state index contributed by atoms with van der Waals surface area (Å²) in [6.07, 6.45) is 1.66. The van der Waals surface area contributed by atoms with Gasteiger partial charge in [-0.15, -0.1) is 10.2 Å². The predicted octanol–water partition coefficient (Wildman–Crippen LogP) is 4.25. The van der Waals surface area contributed by atoms with Gasteiger partial charge in [0.2, 0.25) is 5.88 Å². The molecule has 35 heavy (non-hydrogen) atoms. The molecular formula is C25H26F3N5O2. The second kappa shape index (κ2) is 9.89. The molecule has 1 aliphatic carbocycles. The summed E-state index contributed by atoms with van der Waals surface area (Å²) in [4.78, 5) is 19.8. The second-order valence-electron chi connectivity index (χ2n) is 8.83. The molecular weight excluding hydrogens is 459 g/mol. The molecule has 2 fully saturated rings.